The van der Waals surface area contributed by atoms with Crippen LogP contribution in [0.1, 0.15) is 24.0 Å². The SMILES string of the molecule is CC(CS(=O)(=O)NCC(O)Cc1ccccc1)c1ccccc1. The fourth-order valence-electron chi connectivity index (χ4n) is 2.45. The van der Waals surface area contributed by atoms with E-state index in [0.717, 1.165) is 11.1 Å². The Morgan fingerprint density at radius 3 is 2.17 bits per heavy atom. The van der Waals surface area contributed by atoms with Crippen molar-refractivity contribution in [3.8, 4) is 0 Å². The zero-order chi connectivity index (χ0) is 16.7. The molecule has 0 heterocycles. The fraction of sp³-hybridized carbons (Fsp3) is 0.333. The fourth-order valence-corrected chi connectivity index (χ4v) is 3.86. The summed E-state index contributed by atoms with van der Waals surface area (Å²) < 4.78 is 26.8. The van der Waals surface area contributed by atoms with Crippen LogP contribution in [0.3, 0.4) is 0 Å². The molecule has 0 bridgehead atoms. The first-order chi connectivity index (χ1) is 11.0. The van der Waals surface area contributed by atoms with E-state index in [-0.39, 0.29) is 18.2 Å². The Bertz CT molecular complexity index is 687. The minimum absolute atomic E-state index is 0.00900. The topological polar surface area (TPSA) is 66.4 Å². The molecule has 4 nitrogen and oxygen atoms in total. The van der Waals surface area contributed by atoms with Gasteiger partial charge in [0.1, 0.15) is 0 Å². The number of rotatable bonds is 8. The average molecular weight is 333 g/mol. The normalized spacial score (nSPS) is 14.3. The number of aliphatic hydroxyl groups excluding tert-OH is 1. The van der Waals surface area contributed by atoms with E-state index in [1.165, 1.54) is 0 Å². The molecular weight excluding hydrogens is 310 g/mol. The van der Waals surface area contributed by atoms with Crippen LogP contribution in [0.2, 0.25) is 0 Å². The van der Waals surface area contributed by atoms with Crippen molar-refractivity contribution in [2.24, 2.45) is 0 Å². The lowest BCUT2D eigenvalue weighted by Crippen LogP contribution is -2.35. The lowest BCUT2D eigenvalue weighted by Gasteiger charge is -2.15. The smallest absolute Gasteiger partial charge is 0.212 e. The Kier molecular flexibility index (Phi) is 6.33. The van der Waals surface area contributed by atoms with Crippen LogP contribution in [-0.4, -0.2) is 31.9 Å². The first-order valence-corrected chi connectivity index (χ1v) is 9.36. The molecule has 2 aromatic carbocycles. The van der Waals surface area contributed by atoms with Crippen LogP contribution >= 0.6 is 0 Å². The molecule has 2 atom stereocenters. The maximum Gasteiger partial charge on any atom is 0.212 e. The Morgan fingerprint density at radius 1 is 1.00 bits per heavy atom. The van der Waals surface area contributed by atoms with Crippen LogP contribution in [-0.2, 0) is 16.4 Å². The Balaban J connectivity index is 1.84. The molecule has 2 N–H and O–H groups in total. The predicted molar refractivity (Wildman–Crippen MR) is 92.8 cm³/mol. The summed E-state index contributed by atoms with van der Waals surface area (Å²) in [6, 6.07) is 19.1. The van der Waals surface area contributed by atoms with Crippen LogP contribution < -0.4 is 4.72 Å². The van der Waals surface area contributed by atoms with Gasteiger partial charge in [-0.05, 0) is 23.5 Å². The van der Waals surface area contributed by atoms with Gasteiger partial charge in [0, 0.05) is 6.54 Å². The van der Waals surface area contributed by atoms with E-state index in [4.69, 9.17) is 0 Å². The molecule has 0 saturated heterocycles. The van der Waals surface area contributed by atoms with E-state index >= 15 is 0 Å². The van der Waals surface area contributed by atoms with Crippen LogP contribution in [0.5, 0.6) is 0 Å². The van der Waals surface area contributed by atoms with Crippen LogP contribution in [0.4, 0.5) is 0 Å². The standard InChI is InChI=1S/C18H23NO3S/c1-15(17-10-6-3-7-11-17)14-23(21,22)19-13-18(20)12-16-8-4-2-5-9-16/h2-11,15,18-20H,12-14H2,1H3. The van der Waals surface area contributed by atoms with Gasteiger partial charge >= 0.3 is 0 Å². The molecule has 23 heavy (non-hydrogen) atoms. The molecule has 0 fully saturated rings. The molecule has 2 aromatic rings. The molecule has 0 aliphatic heterocycles. The molecule has 5 heteroatoms. The third-order valence-electron chi connectivity index (χ3n) is 3.69. The number of hydrogen-bond donors (Lipinski definition) is 2. The molecule has 0 aromatic heterocycles. The van der Waals surface area contributed by atoms with Gasteiger partial charge in [-0.1, -0.05) is 67.6 Å². The summed E-state index contributed by atoms with van der Waals surface area (Å²) in [5.74, 6) is -0.0883. The third kappa shape index (κ3) is 6.14. The Hall–Kier alpha value is -1.69. The van der Waals surface area contributed by atoms with E-state index in [1.807, 2.05) is 67.6 Å². The summed E-state index contributed by atoms with van der Waals surface area (Å²) in [4.78, 5) is 0. The molecule has 0 saturated carbocycles. The predicted octanol–water partition coefficient (Wildman–Crippen LogP) is 2.31. The van der Waals surface area contributed by atoms with Crippen molar-refractivity contribution >= 4 is 10.0 Å². The van der Waals surface area contributed by atoms with Gasteiger partial charge in [-0.15, -0.1) is 0 Å². The zero-order valence-electron chi connectivity index (χ0n) is 13.2. The Morgan fingerprint density at radius 2 is 1.57 bits per heavy atom. The quantitative estimate of drug-likeness (QED) is 0.779. The first-order valence-electron chi connectivity index (χ1n) is 7.70. The second-order valence-electron chi connectivity index (χ2n) is 5.79. The first kappa shape index (κ1) is 17.7. The van der Waals surface area contributed by atoms with Crippen molar-refractivity contribution in [1.82, 2.24) is 4.72 Å². The van der Waals surface area contributed by atoms with Crippen molar-refractivity contribution in [3.05, 3.63) is 71.8 Å². The molecule has 2 unspecified atom stereocenters. The highest BCUT2D eigenvalue weighted by atomic mass is 32.2. The van der Waals surface area contributed by atoms with Crippen molar-refractivity contribution < 1.29 is 13.5 Å². The molecule has 0 radical (unpaired) electrons. The number of sulfonamides is 1. The summed E-state index contributed by atoms with van der Waals surface area (Å²) in [5.41, 5.74) is 1.97. The van der Waals surface area contributed by atoms with Gasteiger partial charge in [0.15, 0.2) is 0 Å². The van der Waals surface area contributed by atoms with Crippen LogP contribution in [0, 0.1) is 0 Å². The van der Waals surface area contributed by atoms with Crippen LogP contribution in [0.25, 0.3) is 0 Å². The second-order valence-corrected chi connectivity index (χ2v) is 7.64. The van der Waals surface area contributed by atoms with Crippen molar-refractivity contribution in [1.29, 1.82) is 0 Å². The van der Waals surface area contributed by atoms with Gasteiger partial charge in [0.2, 0.25) is 10.0 Å². The monoisotopic (exact) mass is 333 g/mol. The molecule has 124 valence electrons. The lowest BCUT2D eigenvalue weighted by molar-refractivity contribution is 0.179. The summed E-state index contributed by atoms with van der Waals surface area (Å²) >= 11 is 0. The molecule has 0 spiro atoms. The van der Waals surface area contributed by atoms with Gasteiger partial charge < -0.3 is 5.11 Å². The van der Waals surface area contributed by atoms with Gasteiger partial charge in [-0.25, -0.2) is 13.1 Å². The minimum Gasteiger partial charge on any atom is -0.391 e. The highest BCUT2D eigenvalue weighted by Gasteiger charge is 2.18. The lowest BCUT2D eigenvalue weighted by atomic mass is 10.0. The molecule has 0 aliphatic carbocycles. The summed E-state index contributed by atoms with van der Waals surface area (Å²) in [6.07, 6.45) is -0.309. The maximum absolute atomic E-state index is 12.1. The number of nitrogens with one attached hydrogen (secondary N) is 1. The van der Waals surface area contributed by atoms with E-state index in [2.05, 4.69) is 4.72 Å². The van der Waals surface area contributed by atoms with Crippen molar-refractivity contribution in [2.75, 3.05) is 12.3 Å². The van der Waals surface area contributed by atoms with Crippen LogP contribution in [0.15, 0.2) is 60.7 Å². The minimum atomic E-state index is -3.43. The van der Waals surface area contributed by atoms with Crippen molar-refractivity contribution in [2.45, 2.75) is 25.4 Å². The van der Waals surface area contributed by atoms with Gasteiger partial charge in [0.05, 0.1) is 11.9 Å². The second kappa shape index (κ2) is 8.24. The van der Waals surface area contributed by atoms with Gasteiger partial charge in [-0.2, -0.15) is 0 Å². The molecule has 2 rings (SSSR count). The molecular formula is C18H23NO3S. The van der Waals surface area contributed by atoms with Gasteiger partial charge in [-0.3, -0.25) is 0 Å². The largest absolute Gasteiger partial charge is 0.391 e. The maximum atomic E-state index is 12.1. The van der Waals surface area contributed by atoms with Crippen molar-refractivity contribution in [3.63, 3.8) is 0 Å². The van der Waals surface area contributed by atoms with E-state index in [1.54, 1.807) is 0 Å². The Labute approximate surface area is 138 Å². The number of aliphatic hydroxyl groups is 1. The van der Waals surface area contributed by atoms with E-state index in [0.29, 0.717) is 6.42 Å². The average Bonchev–Trinajstić information content (AvgIpc) is 2.54. The number of hydrogen-bond acceptors (Lipinski definition) is 3. The summed E-state index contributed by atoms with van der Waals surface area (Å²) in [5, 5.41) is 9.99. The molecule has 0 amide bonds. The summed E-state index contributed by atoms with van der Waals surface area (Å²) in [7, 11) is -3.43. The number of benzene rings is 2. The van der Waals surface area contributed by atoms with E-state index < -0.39 is 16.1 Å². The molecule has 0 aliphatic rings. The highest BCUT2D eigenvalue weighted by molar-refractivity contribution is 7.89. The van der Waals surface area contributed by atoms with Gasteiger partial charge in [0.25, 0.3) is 0 Å². The third-order valence-corrected chi connectivity index (χ3v) is 5.24. The zero-order valence-corrected chi connectivity index (χ0v) is 14.0. The summed E-state index contributed by atoms with van der Waals surface area (Å²) in [6.45, 7) is 1.91. The van der Waals surface area contributed by atoms with E-state index in [9.17, 15) is 13.5 Å². The highest BCUT2D eigenvalue weighted by Crippen LogP contribution is 2.16.